The predicted molar refractivity (Wildman–Crippen MR) is 86.9 cm³/mol. The minimum absolute atomic E-state index is 0.136. The molecule has 1 aromatic rings. The van der Waals surface area contributed by atoms with Crippen LogP contribution in [0.1, 0.15) is 44.7 Å². The molecule has 1 saturated heterocycles. The Morgan fingerprint density at radius 3 is 2.48 bits per heavy atom. The van der Waals surface area contributed by atoms with Crippen molar-refractivity contribution in [1.82, 2.24) is 10.2 Å². The summed E-state index contributed by atoms with van der Waals surface area (Å²) in [4.78, 5) is 2.49. The summed E-state index contributed by atoms with van der Waals surface area (Å²) in [6.07, 6.45) is 2.51. The Kier molecular flexibility index (Phi) is 5.39. The topological polar surface area (TPSA) is 15.3 Å². The molecule has 1 aliphatic heterocycles. The van der Waals surface area contributed by atoms with E-state index < -0.39 is 0 Å². The van der Waals surface area contributed by atoms with Gasteiger partial charge < -0.3 is 5.32 Å². The zero-order valence-electron chi connectivity index (χ0n) is 13.9. The predicted octanol–water partition coefficient (Wildman–Crippen LogP) is 3.73. The van der Waals surface area contributed by atoms with Gasteiger partial charge in [0.05, 0.1) is 0 Å². The maximum Gasteiger partial charge on any atom is 0.123 e. The SMILES string of the molecule is Cc1cc(F)ccc1CN1CCC(CNC(C)(C)C)CC1. The van der Waals surface area contributed by atoms with E-state index in [0.717, 1.165) is 37.7 Å². The van der Waals surface area contributed by atoms with E-state index in [2.05, 4.69) is 31.0 Å². The van der Waals surface area contributed by atoms with E-state index in [0.29, 0.717) is 0 Å². The van der Waals surface area contributed by atoms with Crippen LogP contribution in [0.4, 0.5) is 4.39 Å². The third-order valence-corrected chi connectivity index (χ3v) is 4.33. The number of benzene rings is 1. The van der Waals surface area contributed by atoms with Crippen LogP contribution in [0, 0.1) is 18.7 Å². The van der Waals surface area contributed by atoms with Gasteiger partial charge in [0, 0.05) is 12.1 Å². The zero-order chi connectivity index (χ0) is 15.5. The Morgan fingerprint density at radius 1 is 1.24 bits per heavy atom. The van der Waals surface area contributed by atoms with Gasteiger partial charge in [-0.15, -0.1) is 0 Å². The Morgan fingerprint density at radius 2 is 1.90 bits per heavy atom. The molecule has 0 radical (unpaired) electrons. The lowest BCUT2D eigenvalue weighted by Crippen LogP contribution is -2.42. The van der Waals surface area contributed by atoms with Crippen LogP contribution in [0.2, 0.25) is 0 Å². The molecule has 2 nitrogen and oxygen atoms in total. The van der Waals surface area contributed by atoms with Gasteiger partial charge in [0.25, 0.3) is 0 Å². The van der Waals surface area contributed by atoms with Crippen LogP contribution in [0.5, 0.6) is 0 Å². The number of piperidine rings is 1. The normalized spacial score (nSPS) is 18.1. The summed E-state index contributed by atoms with van der Waals surface area (Å²) >= 11 is 0. The summed E-state index contributed by atoms with van der Waals surface area (Å²) in [7, 11) is 0. The van der Waals surface area contributed by atoms with E-state index in [4.69, 9.17) is 0 Å². The molecule has 0 saturated carbocycles. The first-order valence-electron chi connectivity index (χ1n) is 8.06. The number of hydrogen-bond acceptors (Lipinski definition) is 2. The number of rotatable bonds is 4. The molecule has 0 aromatic heterocycles. The van der Waals surface area contributed by atoms with Crippen molar-refractivity contribution in [2.75, 3.05) is 19.6 Å². The molecule has 2 rings (SSSR count). The van der Waals surface area contributed by atoms with Gasteiger partial charge in [-0.05, 0) is 89.3 Å². The molecule has 1 fully saturated rings. The van der Waals surface area contributed by atoms with Crippen molar-refractivity contribution in [3.8, 4) is 0 Å². The third-order valence-electron chi connectivity index (χ3n) is 4.33. The first-order chi connectivity index (χ1) is 9.83. The summed E-state index contributed by atoms with van der Waals surface area (Å²) in [6, 6.07) is 5.13. The molecule has 0 aliphatic carbocycles. The van der Waals surface area contributed by atoms with Crippen LogP contribution >= 0.6 is 0 Å². The van der Waals surface area contributed by atoms with Crippen molar-refractivity contribution in [3.63, 3.8) is 0 Å². The largest absolute Gasteiger partial charge is 0.312 e. The second-order valence-electron chi connectivity index (χ2n) is 7.42. The van der Waals surface area contributed by atoms with Crippen LogP contribution in [0.25, 0.3) is 0 Å². The van der Waals surface area contributed by atoms with Crippen molar-refractivity contribution >= 4 is 0 Å². The van der Waals surface area contributed by atoms with Crippen molar-refractivity contribution in [2.24, 2.45) is 5.92 Å². The average Bonchev–Trinajstić information content (AvgIpc) is 2.40. The van der Waals surface area contributed by atoms with E-state index >= 15 is 0 Å². The number of nitrogens with zero attached hydrogens (tertiary/aromatic N) is 1. The molecule has 118 valence electrons. The maximum atomic E-state index is 13.1. The minimum atomic E-state index is -0.136. The highest BCUT2D eigenvalue weighted by Gasteiger charge is 2.21. The summed E-state index contributed by atoms with van der Waals surface area (Å²) in [5.74, 6) is 0.651. The van der Waals surface area contributed by atoms with Gasteiger partial charge in [0.2, 0.25) is 0 Å². The molecule has 0 amide bonds. The molecule has 3 heteroatoms. The smallest absolute Gasteiger partial charge is 0.123 e. The number of halogens is 1. The van der Waals surface area contributed by atoms with Crippen LogP contribution in [0.3, 0.4) is 0 Å². The van der Waals surface area contributed by atoms with Gasteiger partial charge in [-0.2, -0.15) is 0 Å². The Hall–Kier alpha value is -0.930. The standard InChI is InChI=1S/C18H29FN2/c1-14-11-17(19)6-5-16(14)13-21-9-7-15(8-10-21)12-20-18(2,3)4/h5-6,11,15,20H,7-10,12-13H2,1-4H3. The fraction of sp³-hybridized carbons (Fsp3) is 0.667. The monoisotopic (exact) mass is 292 g/mol. The summed E-state index contributed by atoms with van der Waals surface area (Å²) < 4.78 is 13.1. The lowest BCUT2D eigenvalue weighted by molar-refractivity contribution is 0.170. The zero-order valence-corrected chi connectivity index (χ0v) is 13.9. The number of hydrogen-bond donors (Lipinski definition) is 1. The second kappa shape index (κ2) is 6.89. The van der Waals surface area contributed by atoms with Crippen molar-refractivity contribution in [3.05, 3.63) is 35.1 Å². The quantitative estimate of drug-likeness (QED) is 0.909. The molecule has 21 heavy (non-hydrogen) atoms. The van der Waals surface area contributed by atoms with E-state index in [1.54, 1.807) is 12.1 Å². The lowest BCUT2D eigenvalue weighted by Gasteiger charge is -2.34. The Labute approximate surface area is 128 Å². The van der Waals surface area contributed by atoms with Crippen molar-refractivity contribution in [2.45, 2.75) is 52.6 Å². The highest BCUT2D eigenvalue weighted by Crippen LogP contribution is 2.20. The molecular weight excluding hydrogens is 263 g/mol. The van der Waals surface area contributed by atoms with Crippen molar-refractivity contribution < 1.29 is 4.39 Å². The van der Waals surface area contributed by atoms with Gasteiger partial charge in [-0.1, -0.05) is 6.07 Å². The van der Waals surface area contributed by atoms with Crippen molar-refractivity contribution in [1.29, 1.82) is 0 Å². The molecule has 0 atom stereocenters. The van der Waals surface area contributed by atoms with E-state index in [9.17, 15) is 4.39 Å². The van der Waals surface area contributed by atoms with Gasteiger partial charge in [-0.3, -0.25) is 4.90 Å². The molecule has 0 bridgehead atoms. The minimum Gasteiger partial charge on any atom is -0.312 e. The Balaban J connectivity index is 1.79. The molecule has 1 aliphatic rings. The van der Waals surface area contributed by atoms with Gasteiger partial charge >= 0.3 is 0 Å². The highest BCUT2D eigenvalue weighted by atomic mass is 19.1. The molecule has 0 spiro atoms. The number of aryl methyl sites for hydroxylation is 1. The molecule has 1 aromatic carbocycles. The third kappa shape index (κ3) is 5.40. The summed E-state index contributed by atoms with van der Waals surface area (Å²) in [5.41, 5.74) is 2.52. The molecule has 1 N–H and O–H groups in total. The van der Waals surface area contributed by atoms with Gasteiger partial charge in [0.15, 0.2) is 0 Å². The second-order valence-corrected chi connectivity index (χ2v) is 7.42. The van der Waals surface area contributed by atoms with Crippen LogP contribution in [-0.4, -0.2) is 30.1 Å². The molecule has 1 heterocycles. The van der Waals surface area contributed by atoms with E-state index in [1.807, 2.05) is 13.0 Å². The van der Waals surface area contributed by atoms with Gasteiger partial charge in [0.1, 0.15) is 5.82 Å². The highest BCUT2D eigenvalue weighted by molar-refractivity contribution is 5.26. The average molecular weight is 292 g/mol. The summed E-state index contributed by atoms with van der Waals surface area (Å²) in [5, 5.41) is 3.61. The fourth-order valence-electron chi connectivity index (χ4n) is 2.88. The summed E-state index contributed by atoms with van der Waals surface area (Å²) in [6.45, 7) is 13.0. The number of nitrogens with one attached hydrogen (secondary N) is 1. The van der Waals surface area contributed by atoms with E-state index in [-0.39, 0.29) is 11.4 Å². The molecule has 0 unspecified atom stereocenters. The first-order valence-corrected chi connectivity index (χ1v) is 8.06. The number of likely N-dealkylation sites (tertiary alicyclic amines) is 1. The molecular formula is C18H29FN2. The maximum absolute atomic E-state index is 13.1. The lowest BCUT2D eigenvalue weighted by atomic mass is 9.95. The van der Waals surface area contributed by atoms with Crippen LogP contribution < -0.4 is 5.32 Å². The van der Waals surface area contributed by atoms with Crippen LogP contribution in [0.15, 0.2) is 18.2 Å². The first kappa shape index (κ1) is 16.4. The Bertz CT molecular complexity index is 457. The van der Waals surface area contributed by atoms with E-state index in [1.165, 1.54) is 18.4 Å². The fourth-order valence-corrected chi connectivity index (χ4v) is 2.88. The van der Waals surface area contributed by atoms with Crippen LogP contribution in [-0.2, 0) is 6.54 Å². The van der Waals surface area contributed by atoms with Gasteiger partial charge in [-0.25, -0.2) is 4.39 Å².